The highest BCUT2D eigenvalue weighted by atomic mass is 19.1. The molecule has 0 amide bonds. The van der Waals surface area contributed by atoms with E-state index in [1.807, 2.05) is 6.92 Å². The number of hydrogen-bond acceptors (Lipinski definition) is 4. The van der Waals surface area contributed by atoms with E-state index in [0.29, 0.717) is 12.5 Å². The van der Waals surface area contributed by atoms with E-state index in [0.717, 1.165) is 24.2 Å². The molecule has 1 atom stereocenters. The van der Waals surface area contributed by atoms with E-state index in [1.165, 1.54) is 18.5 Å². The molecule has 0 radical (unpaired) electrons. The topological polar surface area (TPSA) is 47.0 Å². The van der Waals surface area contributed by atoms with Gasteiger partial charge in [0.25, 0.3) is 0 Å². The number of nitrogens with zero attached hydrogens (tertiary/aromatic N) is 2. The SMILES string of the molecule is CCCOc1cc(NC(C)Cc2ccc(F)cc2)ncn1. The molecule has 0 aliphatic carbocycles. The molecule has 0 aliphatic heterocycles. The van der Waals surface area contributed by atoms with Gasteiger partial charge >= 0.3 is 0 Å². The maximum absolute atomic E-state index is 12.9. The zero-order valence-electron chi connectivity index (χ0n) is 12.3. The van der Waals surface area contributed by atoms with Gasteiger partial charge in [-0.05, 0) is 37.5 Å². The highest BCUT2D eigenvalue weighted by Gasteiger charge is 2.06. The Bertz CT molecular complexity index is 560. The molecule has 0 saturated carbocycles. The number of aromatic nitrogens is 2. The molecule has 1 unspecified atom stereocenters. The van der Waals surface area contributed by atoms with Crippen LogP contribution >= 0.6 is 0 Å². The Morgan fingerprint density at radius 1 is 1.24 bits per heavy atom. The summed E-state index contributed by atoms with van der Waals surface area (Å²) in [7, 11) is 0. The van der Waals surface area contributed by atoms with Crippen LogP contribution < -0.4 is 10.1 Å². The molecule has 0 fully saturated rings. The van der Waals surface area contributed by atoms with Crippen LogP contribution in [0.25, 0.3) is 0 Å². The number of benzene rings is 1. The Balaban J connectivity index is 1.92. The summed E-state index contributed by atoms with van der Waals surface area (Å²) in [6, 6.07) is 8.50. The van der Waals surface area contributed by atoms with Gasteiger partial charge in [-0.3, -0.25) is 0 Å². The van der Waals surface area contributed by atoms with Gasteiger partial charge in [0.05, 0.1) is 6.61 Å². The standard InChI is InChI=1S/C16H20FN3O/c1-3-8-21-16-10-15(18-11-19-16)20-12(2)9-13-4-6-14(17)7-5-13/h4-7,10-12H,3,8-9H2,1-2H3,(H,18,19,20). The lowest BCUT2D eigenvalue weighted by molar-refractivity contribution is 0.305. The fraction of sp³-hybridized carbons (Fsp3) is 0.375. The number of nitrogens with one attached hydrogen (secondary N) is 1. The summed E-state index contributed by atoms with van der Waals surface area (Å²) >= 11 is 0. The monoisotopic (exact) mass is 289 g/mol. The van der Waals surface area contributed by atoms with Crippen molar-refractivity contribution in [3.63, 3.8) is 0 Å². The van der Waals surface area contributed by atoms with Gasteiger partial charge in [0.2, 0.25) is 5.88 Å². The molecule has 1 aromatic carbocycles. The van der Waals surface area contributed by atoms with Gasteiger partial charge in [-0.2, -0.15) is 0 Å². The van der Waals surface area contributed by atoms with Crippen LogP contribution in [0.15, 0.2) is 36.7 Å². The fourth-order valence-electron chi connectivity index (χ4n) is 1.98. The zero-order valence-corrected chi connectivity index (χ0v) is 12.3. The molecule has 2 aromatic rings. The van der Waals surface area contributed by atoms with Crippen molar-refractivity contribution in [1.29, 1.82) is 0 Å². The minimum absolute atomic E-state index is 0.171. The lowest BCUT2D eigenvalue weighted by Gasteiger charge is -2.15. The van der Waals surface area contributed by atoms with Gasteiger partial charge < -0.3 is 10.1 Å². The molecule has 0 aliphatic rings. The quantitative estimate of drug-likeness (QED) is 0.848. The Labute approximate surface area is 124 Å². The summed E-state index contributed by atoms with van der Waals surface area (Å²) < 4.78 is 18.3. The number of anilines is 1. The summed E-state index contributed by atoms with van der Waals surface area (Å²) in [5, 5.41) is 3.30. The number of ether oxygens (including phenoxy) is 1. The molecular weight excluding hydrogens is 269 g/mol. The van der Waals surface area contributed by atoms with Crippen molar-refractivity contribution in [2.45, 2.75) is 32.7 Å². The van der Waals surface area contributed by atoms with Crippen LogP contribution in [0.1, 0.15) is 25.8 Å². The van der Waals surface area contributed by atoms with E-state index in [4.69, 9.17) is 4.74 Å². The van der Waals surface area contributed by atoms with Crippen molar-refractivity contribution in [2.24, 2.45) is 0 Å². The van der Waals surface area contributed by atoms with Crippen LogP contribution in [-0.2, 0) is 6.42 Å². The minimum atomic E-state index is -0.215. The first-order valence-corrected chi connectivity index (χ1v) is 7.13. The smallest absolute Gasteiger partial charge is 0.218 e. The van der Waals surface area contributed by atoms with E-state index < -0.39 is 0 Å². The van der Waals surface area contributed by atoms with Gasteiger partial charge in [-0.15, -0.1) is 0 Å². The molecular formula is C16H20FN3O. The zero-order chi connectivity index (χ0) is 15.1. The van der Waals surface area contributed by atoms with Crippen molar-refractivity contribution in [2.75, 3.05) is 11.9 Å². The molecule has 112 valence electrons. The Hall–Kier alpha value is -2.17. The molecule has 21 heavy (non-hydrogen) atoms. The molecule has 0 bridgehead atoms. The Morgan fingerprint density at radius 2 is 2.00 bits per heavy atom. The second-order valence-corrected chi connectivity index (χ2v) is 4.97. The van der Waals surface area contributed by atoms with E-state index in [-0.39, 0.29) is 11.9 Å². The van der Waals surface area contributed by atoms with E-state index in [9.17, 15) is 4.39 Å². The molecule has 0 spiro atoms. The third kappa shape index (κ3) is 5.02. The van der Waals surface area contributed by atoms with Gasteiger partial charge in [0, 0.05) is 12.1 Å². The lowest BCUT2D eigenvalue weighted by Crippen LogP contribution is -2.19. The van der Waals surface area contributed by atoms with Crippen LogP contribution in [0.2, 0.25) is 0 Å². The van der Waals surface area contributed by atoms with Gasteiger partial charge in [0.1, 0.15) is 18.0 Å². The van der Waals surface area contributed by atoms with Crippen LogP contribution in [0.4, 0.5) is 10.2 Å². The highest BCUT2D eigenvalue weighted by molar-refractivity contribution is 5.38. The summed E-state index contributed by atoms with van der Waals surface area (Å²) in [5.41, 5.74) is 1.08. The molecule has 5 heteroatoms. The van der Waals surface area contributed by atoms with E-state index >= 15 is 0 Å². The maximum atomic E-state index is 12.9. The molecule has 2 rings (SSSR count). The average molecular weight is 289 g/mol. The number of rotatable bonds is 7. The van der Waals surface area contributed by atoms with Crippen molar-refractivity contribution < 1.29 is 9.13 Å². The number of hydrogen-bond donors (Lipinski definition) is 1. The molecule has 4 nitrogen and oxygen atoms in total. The van der Waals surface area contributed by atoms with Crippen LogP contribution in [0.5, 0.6) is 5.88 Å². The molecule has 0 saturated heterocycles. The van der Waals surface area contributed by atoms with Crippen LogP contribution in [0.3, 0.4) is 0 Å². The predicted octanol–water partition coefficient (Wildman–Crippen LogP) is 3.45. The van der Waals surface area contributed by atoms with Gasteiger partial charge in [-0.25, -0.2) is 14.4 Å². The highest BCUT2D eigenvalue weighted by Crippen LogP contribution is 2.14. The molecule has 1 heterocycles. The third-order valence-electron chi connectivity index (χ3n) is 2.95. The Morgan fingerprint density at radius 3 is 2.71 bits per heavy atom. The van der Waals surface area contributed by atoms with Gasteiger partial charge in [0.15, 0.2) is 0 Å². The van der Waals surface area contributed by atoms with Crippen molar-refractivity contribution in [1.82, 2.24) is 9.97 Å². The third-order valence-corrected chi connectivity index (χ3v) is 2.95. The van der Waals surface area contributed by atoms with Gasteiger partial charge in [-0.1, -0.05) is 19.1 Å². The number of halogens is 1. The molecule has 1 aromatic heterocycles. The first-order chi connectivity index (χ1) is 10.2. The summed E-state index contributed by atoms with van der Waals surface area (Å²) in [6.45, 7) is 4.74. The predicted molar refractivity (Wildman–Crippen MR) is 81.0 cm³/mol. The normalized spacial score (nSPS) is 12.0. The second kappa shape index (κ2) is 7.57. The fourth-order valence-corrected chi connectivity index (χ4v) is 1.98. The summed E-state index contributed by atoms with van der Waals surface area (Å²) in [4.78, 5) is 8.24. The maximum Gasteiger partial charge on any atom is 0.218 e. The lowest BCUT2D eigenvalue weighted by atomic mass is 10.1. The van der Waals surface area contributed by atoms with E-state index in [1.54, 1.807) is 18.2 Å². The Kier molecular flexibility index (Phi) is 5.49. The van der Waals surface area contributed by atoms with Crippen LogP contribution in [0, 0.1) is 5.82 Å². The average Bonchev–Trinajstić information content (AvgIpc) is 2.48. The van der Waals surface area contributed by atoms with Crippen molar-refractivity contribution >= 4 is 5.82 Å². The minimum Gasteiger partial charge on any atom is -0.478 e. The summed E-state index contributed by atoms with van der Waals surface area (Å²) in [6.07, 6.45) is 3.21. The first-order valence-electron chi connectivity index (χ1n) is 7.13. The van der Waals surface area contributed by atoms with Crippen LogP contribution in [-0.4, -0.2) is 22.6 Å². The molecule has 1 N–H and O–H groups in total. The largest absolute Gasteiger partial charge is 0.478 e. The van der Waals surface area contributed by atoms with Crippen molar-refractivity contribution in [3.8, 4) is 5.88 Å². The second-order valence-electron chi connectivity index (χ2n) is 4.97. The first kappa shape index (κ1) is 15.2. The summed E-state index contributed by atoms with van der Waals surface area (Å²) in [5.74, 6) is 1.09. The van der Waals surface area contributed by atoms with Crippen molar-refractivity contribution in [3.05, 3.63) is 48.0 Å². The van der Waals surface area contributed by atoms with E-state index in [2.05, 4.69) is 22.2 Å².